The summed E-state index contributed by atoms with van der Waals surface area (Å²) in [6, 6.07) is 2.16. The van der Waals surface area contributed by atoms with Gasteiger partial charge in [0.05, 0.1) is 3.79 Å². The fourth-order valence-corrected chi connectivity index (χ4v) is 2.27. The van der Waals surface area contributed by atoms with Crippen molar-refractivity contribution in [2.24, 2.45) is 0 Å². The van der Waals surface area contributed by atoms with Crippen LogP contribution in [0.4, 0.5) is 0 Å². The molecule has 0 atom stereocenters. The van der Waals surface area contributed by atoms with Crippen LogP contribution >= 0.6 is 27.3 Å². The Bertz CT molecular complexity index is 237. The first kappa shape index (κ1) is 11.2. The Morgan fingerprint density at radius 2 is 2.31 bits per heavy atom. The fraction of sp³-hybridized carbons (Fsp3) is 0.556. The third kappa shape index (κ3) is 4.76. The van der Waals surface area contributed by atoms with Crippen LogP contribution in [0.5, 0.6) is 0 Å². The van der Waals surface area contributed by atoms with E-state index in [0.717, 1.165) is 19.6 Å². The molecule has 0 aliphatic heterocycles. The van der Waals surface area contributed by atoms with Gasteiger partial charge in [-0.15, -0.1) is 11.3 Å². The van der Waals surface area contributed by atoms with E-state index in [1.54, 1.807) is 11.3 Å². The van der Waals surface area contributed by atoms with Gasteiger partial charge in [-0.1, -0.05) is 0 Å². The molecular formula is C9H15BrN2S. The molecule has 4 heteroatoms. The topological polar surface area (TPSA) is 24.1 Å². The second kappa shape index (κ2) is 6.54. The molecule has 0 fully saturated rings. The first-order chi connectivity index (χ1) is 6.33. The van der Waals surface area contributed by atoms with E-state index in [2.05, 4.69) is 38.0 Å². The van der Waals surface area contributed by atoms with E-state index >= 15 is 0 Å². The van der Waals surface area contributed by atoms with Gasteiger partial charge in [-0.2, -0.15) is 0 Å². The SMILES string of the molecule is CNCCCNCc1csc(Br)c1. The van der Waals surface area contributed by atoms with E-state index in [9.17, 15) is 0 Å². The van der Waals surface area contributed by atoms with Crippen molar-refractivity contribution in [1.29, 1.82) is 0 Å². The van der Waals surface area contributed by atoms with Crippen molar-refractivity contribution < 1.29 is 0 Å². The summed E-state index contributed by atoms with van der Waals surface area (Å²) in [6.45, 7) is 3.14. The highest BCUT2D eigenvalue weighted by Gasteiger charge is 1.95. The quantitative estimate of drug-likeness (QED) is 0.769. The Labute approximate surface area is 91.9 Å². The largest absolute Gasteiger partial charge is 0.320 e. The van der Waals surface area contributed by atoms with Crippen molar-refractivity contribution >= 4 is 27.3 Å². The van der Waals surface area contributed by atoms with Crippen molar-refractivity contribution in [3.05, 3.63) is 20.8 Å². The summed E-state index contributed by atoms with van der Waals surface area (Å²) in [5.41, 5.74) is 1.36. The Kier molecular flexibility index (Phi) is 5.62. The molecule has 0 aliphatic rings. The lowest BCUT2D eigenvalue weighted by Gasteiger charge is -2.01. The Balaban J connectivity index is 2.06. The van der Waals surface area contributed by atoms with E-state index in [4.69, 9.17) is 0 Å². The van der Waals surface area contributed by atoms with Gasteiger partial charge in [0.25, 0.3) is 0 Å². The highest BCUT2D eigenvalue weighted by atomic mass is 79.9. The lowest BCUT2D eigenvalue weighted by atomic mass is 10.3. The van der Waals surface area contributed by atoms with Crippen molar-refractivity contribution in [3.8, 4) is 0 Å². The van der Waals surface area contributed by atoms with E-state index in [1.165, 1.54) is 15.8 Å². The number of halogens is 1. The maximum absolute atomic E-state index is 3.45. The highest BCUT2D eigenvalue weighted by molar-refractivity contribution is 9.11. The van der Waals surface area contributed by atoms with Crippen molar-refractivity contribution in [1.82, 2.24) is 10.6 Å². The zero-order valence-corrected chi connectivity index (χ0v) is 10.2. The van der Waals surface area contributed by atoms with Crippen molar-refractivity contribution in [3.63, 3.8) is 0 Å². The zero-order valence-electron chi connectivity index (χ0n) is 7.77. The standard InChI is InChI=1S/C9H15BrN2S/c1-11-3-2-4-12-6-8-5-9(10)13-7-8/h5,7,11-12H,2-4,6H2,1H3. The predicted octanol–water partition coefficient (Wildman–Crippen LogP) is 2.21. The highest BCUT2D eigenvalue weighted by Crippen LogP contribution is 2.20. The van der Waals surface area contributed by atoms with E-state index in [1.807, 2.05) is 7.05 Å². The Morgan fingerprint density at radius 3 is 2.92 bits per heavy atom. The molecule has 2 N–H and O–H groups in total. The monoisotopic (exact) mass is 262 g/mol. The smallest absolute Gasteiger partial charge is 0.0701 e. The predicted molar refractivity (Wildman–Crippen MR) is 62.3 cm³/mol. The number of thiophene rings is 1. The first-order valence-corrected chi connectivity index (χ1v) is 6.08. The molecule has 0 saturated carbocycles. The summed E-state index contributed by atoms with van der Waals surface area (Å²) in [7, 11) is 1.98. The molecule has 1 heterocycles. The summed E-state index contributed by atoms with van der Waals surface area (Å²) in [5.74, 6) is 0. The van der Waals surface area contributed by atoms with Crippen LogP contribution in [0.15, 0.2) is 15.2 Å². The molecule has 0 bridgehead atoms. The van der Waals surface area contributed by atoms with Crippen LogP contribution in [0.3, 0.4) is 0 Å². The van der Waals surface area contributed by atoms with E-state index in [0.29, 0.717) is 0 Å². The van der Waals surface area contributed by atoms with Crippen molar-refractivity contribution in [2.45, 2.75) is 13.0 Å². The van der Waals surface area contributed by atoms with Gasteiger partial charge >= 0.3 is 0 Å². The van der Waals surface area contributed by atoms with Gasteiger partial charge in [0.2, 0.25) is 0 Å². The first-order valence-electron chi connectivity index (χ1n) is 4.41. The zero-order chi connectivity index (χ0) is 9.52. The Morgan fingerprint density at radius 1 is 1.46 bits per heavy atom. The maximum Gasteiger partial charge on any atom is 0.0701 e. The molecule has 1 rings (SSSR count). The van der Waals surface area contributed by atoms with Crippen LogP contribution in [-0.2, 0) is 6.54 Å². The lowest BCUT2D eigenvalue weighted by Crippen LogP contribution is -2.19. The molecule has 0 unspecified atom stereocenters. The molecule has 1 aromatic heterocycles. The van der Waals surface area contributed by atoms with Gasteiger partial charge in [-0.3, -0.25) is 0 Å². The number of hydrogen-bond donors (Lipinski definition) is 2. The third-order valence-electron chi connectivity index (χ3n) is 1.73. The van der Waals surface area contributed by atoms with Gasteiger partial charge in [-0.05, 0) is 59.5 Å². The molecule has 0 aromatic carbocycles. The molecule has 0 amide bonds. The fourth-order valence-electron chi connectivity index (χ4n) is 1.06. The van der Waals surface area contributed by atoms with Crippen LogP contribution < -0.4 is 10.6 Å². The normalized spacial score (nSPS) is 10.6. The number of rotatable bonds is 6. The second-order valence-corrected chi connectivity index (χ2v) is 5.18. The van der Waals surface area contributed by atoms with Gasteiger partial charge in [0.15, 0.2) is 0 Å². The molecule has 2 nitrogen and oxygen atoms in total. The van der Waals surface area contributed by atoms with Crippen LogP contribution in [0.25, 0.3) is 0 Å². The molecule has 74 valence electrons. The minimum Gasteiger partial charge on any atom is -0.320 e. The van der Waals surface area contributed by atoms with Gasteiger partial charge in [0.1, 0.15) is 0 Å². The van der Waals surface area contributed by atoms with Gasteiger partial charge < -0.3 is 10.6 Å². The molecule has 0 aliphatic carbocycles. The molecule has 0 spiro atoms. The average molecular weight is 263 g/mol. The molecule has 1 aromatic rings. The summed E-state index contributed by atoms with van der Waals surface area (Å²) >= 11 is 5.18. The maximum atomic E-state index is 3.45. The minimum absolute atomic E-state index is 0.978. The lowest BCUT2D eigenvalue weighted by molar-refractivity contribution is 0.626. The summed E-state index contributed by atoms with van der Waals surface area (Å²) in [6.07, 6.45) is 1.18. The van der Waals surface area contributed by atoms with Gasteiger partial charge in [0, 0.05) is 6.54 Å². The third-order valence-corrected chi connectivity index (χ3v) is 3.28. The summed E-state index contributed by atoms with van der Waals surface area (Å²) in [4.78, 5) is 0. The number of nitrogens with one attached hydrogen (secondary N) is 2. The van der Waals surface area contributed by atoms with Gasteiger partial charge in [-0.25, -0.2) is 0 Å². The molecular weight excluding hydrogens is 248 g/mol. The second-order valence-electron chi connectivity index (χ2n) is 2.89. The molecule has 0 saturated heterocycles. The molecule has 0 radical (unpaired) electrons. The van der Waals surface area contributed by atoms with E-state index < -0.39 is 0 Å². The van der Waals surface area contributed by atoms with Crippen LogP contribution in [0.1, 0.15) is 12.0 Å². The van der Waals surface area contributed by atoms with Crippen LogP contribution in [-0.4, -0.2) is 20.1 Å². The Hall–Kier alpha value is 0.100. The van der Waals surface area contributed by atoms with E-state index in [-0.39, 0.29) is 0 Å². The van der Waals surface area contributed by atoms with Crippen LogP contribution in [0, 0.1) is 0 Å². The van der Waals surface area contributed by atoms with Crippen molar-refractivity contribution in [2.75, 3.05) is 20.1 Å². The summed E-state index contributed by atoms with van der Waals surface area (Å²) in [5, 5.41) is 8.70. The minimum atomic E-state index is 0.978. The van der Waals surface area contributed by atoms with Crippen LogP contribution in [0.2, 0.25) is 0 Å². The molecule has 13 heavy (non-hydrogen) atoms. The summed E-state index contributed by atoms with van der Waals surface area (Å²) < 4.78 is 1.21. The average Bonchev–Trinajstić information content (AvgIpc) is 2.51. The number of hydrogen-bond acceptors (Lipinski definition) is 3.